The molecule has 6 heteroatoms. The molecule has 0 saturated carbocycles. The van der Waals surface area contributed by atoms with Gasteiger partial charge in [0.05, 0.1) is 22.9 Å². The van der Waals surface area contributed by atoms with Crippen LogP contribution in [-0.2, 0) is 0 Å². The number of hydrogen-bond donors (Lipinski definition) is 0. The maximum atomic E-state index is 6.48. The predicted molar refractivity (Wildman–Crippen MR) is 186 cm³/mol. The fourth-order valence-corrected chi connectivity index (χ4v) is 6.25. The van der Waals surface area contributed by atoms with E-state index in [1.807, 2.05) is 47.4 Å². The molecule has 0 aliphatic carbocycles. The van der Waals surface area contributed by atoms with Crippen LogP contribution in [0.4, 0.5) is 5.69 Å². The van der Waals surface area contributed by atoms with E-state index in [1.165, 1.54) is 33.3 Å². The van der Waals surface area contributed by atoms with Gasteiger partial charge in [0, 0.05) is 60.6 Å². The van der Waals surface area contributed by atoms with E-state index in [4.69, 9.17) is 14.8 Å². The van der Waals surface area contributed by atoms with Crippen LogP contribution in [0.5, 0.6) is 11.5 Å². The second-order valence-corrected chi connectivity index (χ2v) is 12.3. The van der Waals surface area contributed by atoms with Crippen LogP contribution in [0.1, 0.15) is 36.5 Å². The summed E-state index contributed by atoms with van der Waals surface area (Å²) in [7, 11) is 4.14. The third-order valence-electron chi connectivity index (χ3n) is 8.53. The fourth-order valence-electron chi connectivity index (χ4n) is 6.25. The number of fused-ring (bicyclic) bond motifs is 3. The van der Waals surface area contributed by atoms with Crippen LogP contribution >= 0.6 is 0 Å². The molecule has 0 aliphatic rings. The quantitative estimate of drug-likeness (QED) is 0.185. The van der Waals surface area contributed by atoms with Crippen molar-refractivity contribution in [2.24, 2.45) is 0 Å². The molecule has 3 heterocycles. The van der Waals surface area contributed by atoms with E-state index >= 15 is 0 Å². The van der Waals surface area contributed by atoms with Crippen molar-refractivity contribution < 1.29 is 4.74 Å². The molecule has 7 rings (SSSR count). The van der Waals surface area contributed by atoms with Gasteiger partial charge in [-0.2, -0.15) is 5.10 Å². The minimum atomic E-state index is 0.411. The van der Waals surface area contributed by atoms with Gasteiger partial charge < -0.3 is 9.64 Å². The van der Waals surface area contributed by atoms with Crippen molar-refractivity contribution in [3.8, 4) is 34.1 Å². The van der Waals surface area contributed by atoms with Crippen molar-refractivity contribution in [3.63, 3.8) is 0 Å². The predicted octanol–water partition coefficient (Wildman–Crippen LogP) is 9.63. The molecule has 0 amide bonds. The smallest absolute Gasteiger partial charge is 0.137 e. The van der Waals surface area contributed by atoms with Crippen molar-refractivity contribution in [2.45, 2.75) is 33.6 Å². The maximum Gasteiger partial charge on any atom is 0.137 e. The summed E-state index contributed by atoms with van der Waals surface area (Å²) >= 11 is 0. The largest absolute Gasteiger partial charge is 0.457 e. The summed E-state index contributed by atoms with van der Waals surface area (Å²) in [6.07, 6.45) is 5.93. The molecule has 7 aromatic rings. The lowest BCUT2D eigenvalue weighted by Crippen LogP contribution is -2.09. The molecule has 0 unspecified atom stereocenters. The average molecular weight is 592 g/mol. The standard InChI is InChI=1S/C39H37N5O/c1-25(2)28-16-17-40-38(20-28)44-36-13-8-7-12-34(36)35-15-14-33(22-37(35)44)45-32-11-9-10-30(21-32)43-24-29(23-41-43)39-26(3)18-31(42(5)6)19-27(39)4/h7-25H,1-6H3. The number of rotatable bonds is 7. The summed E-state index contributed by atoms with van der Waals surface area (Å²) in [6.45, 7) is 8.74. The van der Waals surface area contributed by atoms with Gasteiger partial charge in [0.25, 0.3) is 0 Å². The SMILES string of the molecule is Cc1cc(N(C)C)cc(C)c1-c1cnn(-c2cccc(Oc3ccc4c5ccccc5n(-c5cc(C(C)C)ccn5)c4c3)c2)c1. The Labute approximate surface area is 264 Å². The third-order valence-corrected chi connectivity index (χ3v) is 8.53. The Bertz CT molecular complexity index is 2160. The average Bonchev–Trinajstić information content (AvgIpc) is 3.64. The Morgan fingerprint density at radius 2 is 1.51 bits per heavy atom. The van der Waals surface area contributed by atoms with E-state index in [-0.39, 0.29) is 0 Å². The zero-order chi connectivity index (χ0) is 31.2. The Hall–Kier alpha value is -5.36. The summed E-state index contributed by atoms with van der Waals surface area (Å²) in [5.41, 5.74) is 10.3. The second-order valence-electron chi connectivity index (χ2n) is 12.3. The molecule has 0 fully saturated rings. The summed E-state index contributed by atoms with van der Waals surface area (Å²) < 4.78 is 10.6. The highest BCUT2D eigenvalue weighted by molar-refractivity contribution is 6.09. The molecule has 45 heavy (non-hydrogen) atoms. The van der Waals surface area contributed by atoms with E-state index in [0.717, 1.165) is 45.0 Å². The Morgan fingerprint density at radius 1 is 0.756 bits per heavy atom. The first-order chi connectivity index (χ1) is 21.8. The lowest BCUT2D eigenvalue weighted by Gasteiger charge is -2.17. The van der Waals surface area contributed by atoms with Gasteiger partial charge in [0.2, 0.25) is 0 Å². The number of anilines is 1. The summed E-state index contributed by atoms with van der Waals surface area (Å²) in [6, 6.07) is 31.6. The van der Waals surface area contributed by atoms with Crippen molar-refractivity contribution >= 4 is 27.5 Å². The number of benzene rings is 4. The number of nitrogens with zero attached hydrogens (tertiary/aromatic N) is 5. The van der Waals surface area contributed by atoms with Gasteiger partial charge in [-0.15, -0.1) is 0 Å². The highest BCUT2D eigenvalue weighted by Crippen LogP contribution is 2.36. The molecule has 3 aromatic heterocycles. The van der Waals surface area contributed by atoms with Crippen LogP contribution < -0.4 is 9.64 Å². The highest BCUT2D eigenvalue weighted by Gasteiger charge is 2.16. The van der Waals surface area contributed by atoms with E-state index in [9.17, 15) is 0 Å². The van der Waals surface area contributed by atoms with Gasteiger partial charge in [0.15, 0.2) is 0 Å². The molecule has 6 nitrogen and oxygen atoms in total. The van der Waals surface area contributed by atoms with Gasteiger partial charge in [-0.25, -0.2) is 9.67 Å². The molecular weight excluding hydrogens is 554 g/mol. The van der Waals surface area contributed by atoms with E-state index in [2.05, 4.69) is 118 Å². The maximum absolute atomic E-state index is 6.48. The molecular formula is C39H37N5O. The summed E-state index contributed by atoms with van der Waals surface area (Å²) in [5.74, 6) is 2.82. The normalized spacial score (nSPS) is 11.5. The molecule has 4 aromatic carbocycles. The van der Waals surface area contributed by atoms with E-state index in [0.29, 0.717) is 5.92 Å². The Kier molecular flexibility index (Phi) is 7.13. The van der Waals surface area contributed by atoms with Crippen LogP contribution in [0.2, 0.25) is 0 Å². The lowest BCUT2D eigenvalue weighted by molar-refractivity contribution is 0.483. The first-order valence-corrected chi connectivity index (χ1v) is 15.4. The van der Waals surface area contributed by atoms with Gasteiger partial charge >= 0.3 is 0 Å². The minimum absolute atomic E-state index is 0.411. The van der Waals surface area contributed by atoms with Crippen LogP contribution in [0.3, 0.4) is 0 Å². The molecule has 0 spiro atoms. The number of hydrogen-bond acceptors (Lipinski definition) is 4. The van der Waals surface area contributed by atoms with Crippen molar-refractivity contribution in [1.29, 1.82) is 0 Å². The Morgan fingerprint density at radius 3 is 2.29 bits per heavy atom. The van der Waals surface area contributed by atoms with E-state index in [1.54, 1.807) is 0 Å². The molecule has 0 atom stereocenters. The van der Waals surface area contributed by atoms with Crippen LogP contribution in [0, 0.1) is 13.8 Å². The van der Waals surface area contributed by atoms with Crippen LogP contribution in [0.15, 0.2) is 110 Å². The number of para-hydroxylation sites is 1. The topological polar surface area (TPSA) is 48.1 Å². The van der Waals surface area contributed by atoms with Gasteiger partial charge in [-0.3, -0.25) is 4.57 Å². The zero-order valence-corrected chi connectivity index (χ0v) is 26.6. The number of aromatic nitrogens is 4. The summed E-state index contributed by atoms with van der Waals surface area (Å²) in [4.78, 5) is 6.92. The van der Waals surface area contributed by atoms with Crippen molar-refractivity contribution in [1.82, 2.24) is 19.3 Å². The monoisotopic (exact) mass is 591 g/mol. The molecule has 0 aliphatic heterocycles. The first kappa shape index (κ1) is 28.4. The number of pyridine rings is 1. The van der Waals surface area contributed by atoms with Gasteiger partial charge in [-0.05, 0) is 96.6 Å². The lowest BCUT2D eigenvalue weighted by atomic mass is 9.97. The number of ether oxygens (including phenoxy) is 1. The molecule has 0 saturated heterocycles. The second kappa shape index (κ2) is 11.3. The third kappa shape index (κ3) is 5.22. The molecule has 224 valence electrons. The molecule has 0 radical (unpaired) electrons. The first-order valence-electron chi connectivity index (χ1n) is 15.4. The van der Waals surface area contributed by atoms with Crippen LogP contribution in [0.25, 0.3) is 44.4 Å². The van der Waals surface area contributed by atoms with Crippen LogP contribution in [-0.4, -0.2) is 33.4 Å². The number of aryl methyl sites for hydroxylation is 2. The Balaban J connectivity index is 1.23. The fraction of sp³-hybridized carbons (Fsp3) is 0.179. The highest BCUT2D eigenvalue weighted by atomic mass is 16.5. The summed E-state index contributed by atoms with van der Waals surface area (Å²) in [5, 5.41) is 7.07. The zero-order valence-electron chi connectivity index (χ0n) is 26.6. The van der Waals surface area contributed by atoms with Crippen molar-refractivity contribution in [2.75, 3.05) is 19.0 Å². The van der Waals surface area contributed by atoms with Gasteiger partial charge in [-0.1, -0.05) is 38.1 Å². The van der Waals surface area contributed by atoms with Crippen molar-refractivity contribution in [3.05, 3.63) is 126 Å². The minimum Gasteiger partial charge on any atom is -0.457 e. The molecule has 0 N–H and O–H groups in total. The van der Waals surface area contributed by atoms with Gasteiger partial charge in [0.1, 0.15) is 17.3 Å². The van der Waals surface area contributed by atoms with E-state index < -0.39 is 0 Å². The molecule has 0 bridgehead atoms.